The van der Waals surface area contributed by atoms with Crippen LogP contribution in [0.4, 0.5) is 0 Å². The third-order valence-electron chi connectivity index (χ3n) is 2.21. The smallest absolute Gasteiger partial charge is 0.0548 e. The van der Waals surface area contributed by atoms with Gasteiger partial charge in [-0.05, 0) is 34.1 Å². The zero-order valence-corrected chi connectivity index (χ0v) is 10.2. The molecule has 0 heterocycles. The summed E-state index contributed by atoms with van der Waals surface area (Å²) < 4.78 is 0. The van der Waals surface area contributed by atoms with Crippen molar-refractivity contribution in [3.63, 3.8) is 0 Å². The fourth-order valence-electron chi connectivity index (χ4n) is 1.07. The Morgan fingerprint density at radius 2 is 1.93 bits per heavy atom. The maximum Gasteiger partial charge on any atom is 0.0548 e. The highest BCUT2D eigenvalue weighted by atomic mass is 14.8. The highest BCUT2D eigenvalue weighted by Crippen LogP contribution is 2.14. The van der Waals surface area contributed by atoms with E-state index in [0.29, 0.717) is 0 Å². The minimum Gasteiger partial charge on any atom is -0.288 e. The summed E-state index contributed by atoms with van der Waals surface area (Å²) in [4.78, 5) is 4.67. The summed E-state index contributed by atoms with van der Waals surface area (Å²) in [6.45, 7) is 10.6. The van der Waals surface area contributed by atoms with Crippen molar-refractivity contribution in [2.24, 2.45) is 4.99 Å². The van der Waals surface area contributed by atoms with Crippen molar-refractivity contribution in [3.8, 4) is 0 Å². The van der Waals surface area contributed by atoms with E-state index < -0.39 is 0 Å². The molecule has 14 heavy (non-hydrogen) atoms. The summed E-state index contributed by atoms with van der Waals surface area (Å²) >= 11 is 0. The Morgan fingerprint density at radius 3 is 2.43 bits per heavy atom. The Hall–Kier alpha value is -0.850. The van der Waals surface area contributed by atoms with Crippen molar-refractivity contribution in [2.75, 3.05) is 0 Å². The van der Waals surface area contributed by atoms with E-state index in [-0.39, 0.29) is 5.54 Å². The molecule has 0 amide bonds. The van der Waals surface area contributed by atoms with Crippen molar-refractivity contribution in [1.82, 2.24) is 0 Å². The van der Waals surface area contributed by atoms with E-state index in [1.54, 1.807) is 0 Å². The molecule has 0 saturated heterocycles. The Bertz CT molecular complexity index is 232. The predicted octanol–water partition coefficient (Wildman–Crippen LogP) is 4.16. The van der Waals surface area contributed by atoms with Crippen molar-refractivity contribution in [2.45, 2.75) is 53.0 Å². The molecule has 0 N–H and O–H groups in total. The van der Waals surface area contributed by atoms with Crippen LogP contribution in [-0.2, 0) is 0 Å². The monoisotopic (exact) mass is 193 g/mol. The lowest BCUT2D eigenvalue weighted by atomic mass is 10.0. The molecule has 0 spiro atoms. The fourth-order valence-corrected chi connectivity index (χ4v) is 1.07. The molecule has 0 atom stereocenters. The summed E-state index contributed by atoms with van der Waals surface area (Å²) in [5.74, 6) is 0. The molecular weight excluding hydrogens is 170 g/mol. The van der Waals surface area contributed by atoms with Crippen LogP contribution in [0.25, 0.3) is 0 Å². The molecule has 0 fully saturated rings. The number of nitrogens with zero attached hydrogens (tertiary/aromatic N) is 1. The molecule has 1 heteroatoms. The van der Waals surface area contributed by atoms with Gasteiger partial charge in [-0.1, -0.05) is 31.2 Å². The van der Waals surface area contributed by atoms with E-state index in [4.69, 9.17) is 0 Å². The maximum absolute atomic E-state index is 4.67. The molecule has 0 aliphatic carbocycles. The first kappa shape index (κ1) is 13.2. The summed E-state index contributed by atoms with van der Waals surface area (Å²) in [6, 6.07) is 0. The van der Waals surface area contributed by atoms with E-state index in [2.05, 4.69) is 44.8 Å². The third kappa shape index (κ3) is 6.64. The number of allylic oxidation sites excluding steroid dienone is 4. The first-order valence-electron chi connectivity index (χ1n) is 5.35. The molecule has 1 nitrogen and oxygen atoms in total. The summed E-state index contributed by atoms with van der Waals surface area (Å²) in [7, 11) is 0. The fraction of sp³-hybridized carbons (Fsp3) is 0.615. The van der Waals surface area contributed by atoms with Gasteiger partial charge in [-0.3, -0.25) is 4.99 Å². The van der Waals surface area contributed by atoms with Crippen LogP contribution in [0, 0.1) is 0 Å². The Kier molecular flexibility index (Phi) is 6.18. The molecule has 0 aromatic carbocycles. The van der Waals surface area contributed by atoms with E-state index >= 15 is 0 Å². The van der Waals surface area contributed by atoms with Crippen LogP contribution in [-0.4, -0.2) is 11.3 Å². The van der Waals surface area contributed by atoms with Gasteiger partial charge in [0.05, 0.1) is 5.54 Å². The van der Waals surface area contributed by atoms with Gasteiger partial charge in [-0.2, -0.15) is 0 Å². The molecular formula is C13H23N. The minimum atomic E-state index is 0.0958. The molecule has 0 aromatic rings. The average molecular weight is 193 g/mol. The van der Waals surface area contributed by atoms with E-state index in [1.807, 2.05) is 19.1 Å². The normalized spacial score (nSPS) is 14.5. The highest BCUT2D eigenvalue weighted by molar-refractivity contribution is 5.83. The SMILES string of the molecule is C/C=C/C=C/CC(C)=NC(C)(C)CC. The number of rotatable bonds is 5. The van der Waals surface area contributed by atoms with Gasteiger partial charge in [0.2, 0.25) is 0 Å². The standard InChI is InChI=1S/C13H23N/c1-6-8-9-10-11-12(3)14-13(4,5)7-2/h6,8-10H,7,11H2,1-5H3/b8-6+,10-9+,14-12?. The van der Waals surface area contributed by atoms with Crippen LogP contribution < -0.4 is 0 Å². The summed E-state index contributed by atoms with van der Waals surface area (Å²) in [5, 5.41) is 0. The number of aliphatic imine (C=N–C) groups is 1. The van der Waals surface area contributed by atoms with Gasteiger partial charge in [-0.25, -0.2) is 0 Å². The van der Waals surface area contributed by atoms with Crippen molar-refractivity contribution in [3.05, 3.63) is 24.3 Å². The zero-order chi connectivity index (χ0) is 11.0. The lowest BCUT2D eigenvalue weighted by molar-refractivity contribution is 0.504. The molecule has 0 aromatic heterocycles. The number of hydrogen-bond donors (Lipinski definition) is 0. The lowest BCUT2D eigenvalue weighted by Gasteiger charge is -2.17. The molecule has 0 unspecified atom stereocenters. The van der Waals surface area contributed by atoms with Gasteiger partial charge in [0.1, 0.15) is 0 Å². The van der Waals surface area contributed by atoms with Gasteiger partial charge in [0.25, 0.3) is 0 Å². The first-order chi connectivity index (χ1) is 6.52. The van der Waals surface area contributed by atoms with Crippen molar-refractivity contribution < 1.29 is 0 Å². The first-order valence-corrected chi connectivity index (χ1v) is 5.35. The predicted molar refractivity (Wildman–Crippen MR) is 66.1 cm³/mol. The van der Waals surface area contributed by atoms with Crippen LogP contribution >= 0.6 is 0 Å². The van der Waals surface area contributed by atoms with Crippen LogP contribution in [0.3, 0.4) is 0 Å². The second-order valence-electron chi connectivity index (χ2n) is 4.17. The quantitative estimate of drug-likeness (QED) is 0.459. The molecule has 0 aliphatic rings. The Morgan fingerprint density at radius 1 is 1.29 bits per heavy atom. The Labute approximate surface area is 88.6 Å². The second-order valence-corrected chi connectivity index (χ2v) is 4.17. The van der Waals surface area contributed by atoms with Crippen LogP contribution in [0.1, 0.15) is 47.5 Å². The molecule has 0 aliphatic heterocycles. The maximum atomic E-state index is 4.67. The van der Waals surface area contributed by atoms with E-state index in [9.17, 15) is 0 Å². The van der Waals surface area contributed by atoms with Gasteiger partial charge in [0, 0.05) is 12.1 Å². The van der Waals surface area contributed by atoms with Crippen molar-refractivity contribution >= 4 is 5.71 Å². The van der Waals surface area contributed by atoms with Crippen molar-refractivity contribution in [1.29, 1.82) is 0 Å². The second kappa shape index (κ2) is 6.58. The summed E-state index contributed by atoms with van der Waals surface area (Å²) in [5.41, 5.74) is 1.30. The molecule has 0 radical (unpaired) electrons. The molecule has 0 bridgehead atoms. The van der Waals surface area contributed by atoms with Crippen LogP contribution in [0.5, 0.6) is 0 Å². The molecule has 0 rings (SSSR count). The van der Waals surface area contributed by atoms with Gasteiger partial charge < -0.3 is 0 Å². The topological polar surface area (TPSA) is 12.4 Å². The lowest BCUT2D eigenvalue weighted by Crippen LogP contribution is -2.16. The molecule has 80 valence electrons. The highest BCUT2D eigenvalue weighted by Gasteiger charge is 2.11. The largest absolute Gasteiger partial charge is 0.288 e. The summed E-state index contributed by atoms with van der Waals surface area (Å²) in [6.07, 6.45) is 10.3. The van der Waals surface area contributed by atoms with Crippen LogP contribution in [0.15, 0.2) is 29.3 Å². The molecule has 0 saturated carbocycles. The van der Waals surface area contributed by atoms with Gasteiger partial charge in [0.15, 0.2) is 0 Å². The minimum absolute atomic E-state index is 0.0958. The average Bonchev–Trinajstić information content (AvgIpc) is 2.12. The van der Waals surface area contributed by atoms with Gasteiger partial charge in [-0.15, -0.1) is 0 Å². The third-order valence-corrected chi connectivity index (χ3v) is 2.21. The Balaban J connectivity index is 4.13. The number of hydrogen-bond acceptors (Lipinski definition) is 1. The van der Waals surface area contributed by atoms with Gasteiger partial charge >= 0.3 is 0 Å². The van der Waals surface area contributed by atoms with Crippen LogP contribution in [0.2, 0.25) is 0 Å². The van der Waals surface area contributed by atoms with E-state index in [1.165, 1.54) is 5.71 Å². The zero-order valence-electron chi connectivity index (χ0n) is 10.2. The van der Waals surface area contributed by atoms with E-state index in [0.717, 1.165) is 12.8 Å².